The van der Waals surface area contributed by atoms with Crippen molar-refractivity contribution in [3.05, 3.63) is 34.9 Å². The average molecular weight is 283 g/mol. The van der Waals surface area contributed by atoms with Crippen LogP contribution in [-0.2, 0) is 14.3 Å². The molecule has 2 rings (SSSR count). The molecule has 0 heterocycles. The highest BCUT2D eigenvalue weighted by atomic mass is 35.5. The second-order valence-corrected chi connectivity index (χ2v) is 5.17. The number of hydrogen-bond donors (Lipinski definition) is 1. The number of benzene rings is 1. The Balaban J connectivity index is 1.87. The number of hydrogen-bond acceptors (Lipinski definition) is 3. The summed E-state index contributed by atoms with van der Waals surface area (Å²) < 4.78 is 4.90. The van der Waals surface area contributed by atoms with Crippen molar-refractivity contribution >= 4 is 23.5 Å². The summed E-state index contributed by atoms with van der Waals surface area (Å²) in [5, 5.41) is 9.20. The molecule has 0 saturated heterocycles. The van der Waals surface area contributed by atoms with E-state index in [2.05, 4.69) is 0 Å². The summed E-state index contributed by atoms with van der Waals surface area (Å²) in [6.45, 7) is 0. The van der Waals surface area contributed by atoms with Gasteiger partial charge in [-0.2, -0.15) is 0 Å². The van der Waals surface area contributed by atoms with Gasteiger partial charge in [-0.25, -0.2) is 9.59 Å². The standard InChI is InChI=1S/C14H15ClO4/c15-11-5-1-9(2-6-11)10-3-7-12(8-4-10)19-14(18)13(16)17/h1-2,5-6,10,12H,3-4,7-8H2,(H,16,17). The Bertz CT molecular complexity index is 461. The molecule has 1 fully saturated rings. The maximum atomic E-state index is 11.0. The normalized spacial score (nSPS) is 22.8. The highest BCUT2D eigenvalue weighted by Crippen LogP contribution is 2.34. The van der Waals surface area contributed by atoms with Gasteiger partial charge >= 0.3 is 11.9 Å². The van der Waals surface area contributed by atoms with Crippen LogP contribution in [0.15, 0.2) is 24.3 Å². The van der Waals surface area contributed by atoms with Crippen molar-refractivity contribution < 1.29 is 19.4 Å². The summed E-state index contributed by atoms with van der Waals surface area (Å²) in [7, 11) is 0. The Labute approximate surface area is 116 Å². The minimum absolute atomic E-state index is 0.271. The third-order valence-corrected chi connectivity index (χ3v) is 3.72. The van der Waals surface area contributed by atoms with Crippen molar-refractivity contribution in [3.8, 4) is 0 Å². The van der Waals surface area contributed by atoms with E-state index >= 15 is 0 Å². The van der Waals surface area contributed by atoms with Gasteiger partial charge in [0.1, 0.15) is 6.10 Å². The Morgan fingerprint density at radius 1 is 1.11 bits per heavy atom. The van der Waals surface area contributed by atoms with E-state index in [9.17, 15) is 9.59 Å². The third-order valence-electron chi connectivity index (χ3n) is 3.46. The molecule has 0 aliphatic heterocycles. The zero-order valence-electron chi connectivity index (χ0n) is 10.3. The Morgan fingerprint density at radius 2 is 1.68 bits per heavy atom. The molecule has 1 N–H and O–H groups in total. The lowest BCUT2D eigenvalue weighted by Crippen LogP contribution is -2.27. The van der Waals surface area contributed by atoms with Crippen LogP contribution in [0.1, 0.15) is 37.2 Å². The van der Waals surface area contributed by atoms with E-state index in [0.717, 1.165) is 12.8 Å². The Hall–Kier alpha value is -1.55. The molecular weight excluding hydrogens is 268 g/mol. The van der Waals surface area contributed by atoms with Gasteiger partial charge in [-0.15, -0.1) is 0 Å². The fourth-order valence-electron chi connectivity index (χ4n) is 2.45. The van der Waals surface area contributed by atoms with Crippen LogP contribution in [0.4, 0.5) is 0 Å². The molecule has 0 bridgehead atoms. The average Bonchev–Trinajstić information content (AvgIpc) is 2.40. The van der Waals surface area contributed by atoms with Crippen molar-refractivity contribution in [2.75, 3.05) is 0 Å². The second-order valence-electron chi connectivity index (χ2n) is 4.74. The zero-order valence-corrected chi connectivity index (χ0v) is 11.1. The summed E-state index contributed by atoms with van der Waals surface area (Å²) in [5.41, 5.74) is 1.23. The van der Waals surface area contributed by atoms with Gasteiger partial charge in [0, 0.05) is 5.02 Å². The lowest BCUT2D eigenvalue weighted by Gasteiger charge is -2.28. The molecule has 0 spiro atoms. The van der Waals surface area contributed by atoms with Gasteiger partial charge < -0.3 is 9.84 Å². The molecule has 0 unspecified atom stereocenters. The van der Waals surface area contributed by atoms with Crippen LogP contribution in [0.3, 0.4) is 0 Å². The smallest absolute Gasteiger partial charge is 0.417 e. The van der Waals surface area contributed by atoms with Crippen LogP contribution in [0.5, 0.6) is 0 Å². The quantitative estimate of drug-likeness (QED) is 0.669. The number of esters is 1. The molecule has 0 aromatic heterocycles. The van der Waals surface area contributed by atoms with Crippen LogP contribution in [0, 0.1) is 0 Å². The van der Waals surface area contributed by atoms with Gasteiger partial charge in [-0.1, -0.05) is 23.7 Å². The molecule has 0 atom stereocenters. The van der Waals surface area contributed by atoms with Gasteiger partial charge in [0.25, 0.3) is 0 Å². The van der Waals surface area contributed by atoms with Gasteiger partial charge in [0.15, 0.2) is 0 Å². The molecule has 0 amide bonds. The van der Waals surface area contributed by atoms with Crippen molar-refractivity contribution in [1.82, 2.24) is 0 Å². The molecule has 19 heavy (non-hydrogen) atoms. The highest BCUT2D eigenvalue weighted by Gasteiger charge is 2.26. The first-order valence-corrected chi connectivity index (χ1v) is 6.63. The predicted molar refractivity (Wildman–Crippen MR) is 70.2 cm³/mol. The molecule has 1 aromatic rings. The highest BCUT2D eigenvalue weighted by molar-refractivity contribution is 6.30. The second kappa shape index (κ2) is 6.06. The first kappa shape index (κ1) is 13.9. The van der Waals surface area contributed by atoms with Crippen LogP contribution in [-0.4, -0.2) is 23.1 Å². The number of ether oxygens (including phenoxy) is 1. The largest absolute Gasteiger partial charge is 0.473 e. The molecule has 1 saturated carbocycles. The number of carbonyl (C=O) groups excluding carboxylic acids is 1. The van der Waals surface area contributed by atoms with Crippen LogP contribution in [0.2, 0.25) is 5.02 Å². The molecule has 102 valence electrons. The molecule has 5 heteroatoms. The number of carbonyl (C=O) groups is 2. The Morgan fingerprint density at radius 3 is 2.21 bits per heavy atom. The van der Waals surface area contributed by atoms with Crippen molar-refractivity contribution in [2.45, 2.75) is 37.7 Å². The van der Waals surface area contributed by atoms with Crippen LogP contribution < -0.4 is 0 Å². The molecule has 4 nitrogen and oxygen atoms in total. The third kappa shape index (κ3) is 3.70. The maximum absolute atomic E-state index is 11.0. The monoisotopic (exact) mass is 282 g/mol. The van der Waals surface area contributed by atoms with E-state index in [1.807, 2.05) is 24.3 Å². The van der Waals surface area contributed by atoms with Crippen molar-refractivity contribution in [2.24, 2.45) is 0 Å². The first-order valence-electron chi connectivity index (χ1n) is 6.25. The van der Waals surface area contributed by atoms with Gasteiger partial charge in [-0.3, -0.25) is 0 Å². The number of rotatable bonds is 2. The zero-order chi connectivity index (χ0) is 13.8. The number of carboxylic acids is 1. The molecule has 0 radical (unpaired) electrons. The van der Waals surface area contributed by atoms with E-state index in [4.69, 9.17) is 21.4 Å². The van der Waals surface area contributed by atoms with Gasteiger partial charge in [0.2, 0.25) is 0 Å². The fraction of sp³-hybridized carbons (Fsp3) is 0.429. The van der Waals surface area contributed by atoms with E-state index in [1.54, 1.807) is 0 Å². The molecular formula is C14H15ClO4. The molecule has 1 aromatic carbocycles. The Kier molecular flexibility index (Phi) is 4.43. The topological polar surface area (TPSA) is 63.6 Å². The van der Waals surface area contributed by atoms with Gasteiger partial charge in [-0.05, 0) is 49.3 Å². The van der Waals surface area contributed by atoms with Crippen molar-refractivity contribution in [3.63, 3.8) is 0 Å². The minimum atomic E-state index is -1.53. The van der Waals surface area contributed by atoms with Crippen LogP contribution >= 0.6 is 11.6 Å². The SMILES string of the molecule is O=C(O)C(=O)OC1CCC(c2ccc(Cl)cc2)CC1. The van der Waals surface area contributed by atoms with E-state index in [-0.39, 0.29) is 6.10 Å². The fourth-order valence-corrected chi connectivity index (χ4v) is 2.58. The van der Waals surface area contributed by atoms with Crippen LogP contribution in [0.25, 0.3) is 0 Å². The van der Waals surface area contributed by atoms with Gasteiger partial charge in [0.05, 0.1) is 0 Å². The van der Waals surface area contributed by atoms with E-state index in [1.165, 1.54) is 5.56 Å². The molecule has 1 aliphatic rings. The summed E-state index contributed by atoms with van der Waals surface area (Å²) in [6, 6.07) is 7.76. The number of carboxylic acid groups (broad SMARTS) is 1. The number of aliphatic carboxylic acids is 1. The summed E-state index contributed by atoms with van der Waals surface area (Å²) in [6.07, 6.45) is 2.91. The summed E-state index contributed by atoms with van der Waals surface area (Å²) >= 11 is 5.85. The lowest BCUT2D eigenvalue weighted by molar-refractivity contribution is -0.168. The predicted octanol–water partition coefficient (Wildman–Crippen LogP) is 2.99. The summed E-state index contributed by atoms with van der Waals surface area (Å²) in [5.74, 6) is -2.26. The van der Waals surface area contributed by atoms with Crippen molar-refractivity contribution in [1.29, 1.82) is 0 Å². The minimum Gasteiger partial charge on any atom is -0.473 e. The maximum Gasteiger partial charge on any atom is 0.417 e. The number of halogens is 1. The lowest BCUT2D eigenvalue weighted by atomic mass is 9.83. The summed E-state index contributed by atoms with van der Waals surface area (Å²) in [4.78, 5) is 21.4. The first-order chi connectivity index (χ1) is 9.06. The molecule has 1 aliphatic carbocycles. The van der Waals surface area contributed by atoms with E-state index < -0.39 is 11.9 Å². The van der Waals surface area contributed by atoms with E-state index in [0.29, 0.717) is 23.8 Å².